The van der Waals surface area contributed by atoms with Crippen LogP contribution >= 0.6 is 23.4 Å². The zero-order chi connectivity index (χ0) is 16.1. The van der Waals surface area contributed by atoms with Crippen LogP contribution < -0.4 is 5.32 Å². The van der Waals surface area contributed by atoms with E-state index in [0.717, 1.165) is 25.7 Å². The van der Waals surface area contributed by atoms with Gasteiger partial charge in [0.1, 0.15) is 0 Å². The van der Waals surface area contributed by atoms with Crippen molar-refractivity contribution in [2.75, 3.05) is 6.26 Å². The number of hydrogen-bond acceptors (Lipinski definition) is 6. The molecule has 8 heteroatoms. The maximum absolute atomic E-state index is 12.1. The molecule has 1 aromatic heterocycles. The molecule has 120 valence electrons. The van der Waals surface area contributed by atoms with Gasteiger partial charge < -0.3 is 10.1 Å². The zero-order valence-electron chi connectivity index (χ0n) is 12.5. The van der Waals surface area contributed by atoms with Crippen molar-refractivity contribution in [3.63, 3.8) is 0 Å². The first-order valence-corrected chi connectivity index (χ1v) is 8.69. The highest BCUT2D eigenvalue weighted by atomic mass is 35.5. The van der Waals surface area contributed by atoms with Crippen molar-refractivity contribution >= 4 is 35.2 Å². The standard InChI is InChI=1S/C14H18ClN3O3S/c1-8(12(19)17-9-5-3-4-6-9)21-13(20)11-10(15)7-16-14(18-11)22-2/h7-9H,3-6H2,1-2H3,(H,17,19)/t8-/m1/s1. The Bertz CT molecular complexity index is 564. The van der Waals surface area contributed by atoms with Crippen molar-refractivity contribution in [2.24, 2.45) is 0 Å². The quantitative estimate of drug-likeness (QED) is 0.502. The Morgan fingerprint density at radius 3 is 2.77 bits per heavy atom. The fourth-order valence-electron chi connectivity index (χ4n) is 2.25. The van der Waals surface area contributed by atoms with Crippen LogP contribution in [0.15, 0.2) is 11.4 Å². The van der Waals surface area contributed by atoms with Gasteiger partial charge in [-0.3, -0.25) is 4.79 Å². The number of aromatic nitrogens is 2. The van der Waals surface area contributed by atoms with Gasteiger partial charge in [0.2, 0.25) is 0 Å². The molecule has 1 aliphatic rings. The van der Waals surface area contributed by atoms with E-state index in [0.29, 0.717) is 5.16 Å². The molecular formula is C14H18ClN3O3S. The first-order valence-electron chi connectivity index (χ1n) is 7.09. The second kappa shape index (κ2) is 7.78. The summed E-state index contributed by atoms with van der Waals surface area (Å²) >= 11 is 7.20. The summed E-state index contributed by atoms with van der Waals surface area (Å²) in [7, 11) is 0. The van der Waals surface area contributed by atoms with E-state index in [1.165, 1.54) is 24.9 Å². The molecule has 22 heavy (non-hydrogen) atoms. The molecule has 1 atom stereocenters. The molecule has 1 aliphatic carbocycles. The topological polar surface area (TPSA) is 81.2 Å². The van der Waals surface area contributed by atoms with Crippen molar-refractivity contribution in [3.05, 3.63) is 16.9 Å². The van der Waals surface area contributed by atoms with Gasteiger partial charge in [0.15, 0.2) is 17.0 Å². The molecule has 1 N–H and O–H groups in total. The molecule has 2 rings (SSSR count). The molecule has 0 radical (unpaired) electrons. The van der Waals surface area contributed by atoms with E-state index in [1.54, 1.807) is 6.26 Å². The minimum Gasteiger partial charge on any atom is -0.448 e. The van der Waals surface area contributed by atoms with Crippen molar-refractivity contribution in [3.8, 4) is 0 Å². The van der Waals surface area contributed by atoms with Gasteiger partial charge in [0, 0.05) is 6.04 Å². The van der Waals surface area contributed by atoms with Gasteiger partial charge in [0.25, 0.3) is 5.91 Å². The number of thioether (sulfide) groups is 1. The molecule has 0 spiro atoms. The third kappa shape index (κ3) is 4.33. The lowest BCUT2D eigenvalue weighted by Gasteiger charge is -2.17. The SMILES string of the molecule is CSc1ncc(Cl)c(C(=O)O[C@H](C)C(=O)NC2CCCC2)n1. The largest absolute Gasteiger partial charge is 0.448 e. The molecule has 0 unspecified atom stereocenters. The van der Waals surface area contributed by atoms with Crippen LogP contribution in [0.25, 0.3) is 0 Å². The Hall–Kier alpha value is -1.34. The number of halogens is 1. The van der Waals surface area contributed by atoms with Gasteiger partial charge in [-0.05, 0) is 26.0 Å². The summed E-state index contributed by atoms with van der Waals surface area (Å²) in [6, 6.07) is 0.180. The number of nitrogens with one attached hydrogen (secondary N) is 1. The lowest BCUT2D eigenvalue weighted by atomic mass is 10.2. The van der Waals surface area contributed by atoms with Crippen LogP contribution in [0, 0.1) is 0 Å². The van der Waals surface area contributed by atoms with E-state index in [-0.39, 0.29) is 22.7 Å². The number of hydrogen-bond donors (Lipinski definition) is 1. The van der Waals surface area contributed by atoms with E-state index in [4.69, 9.17) is 16.3 Å². The normalized spacial score (nSPS) is 16.3. The summed E-state index contributed by atoms with van der Waals surface area (Å²) in [4.78, 5) is 32.1. The monoisotopic (exact) mass is 343 g/mol. The van der Waals surface area contributed by atoms with E-state index in [9.17, 15) is 9.59 Å². The third-order valence-corrected chi connectivity index (χ3v) is 4.29. The van der Waals surface area contributed by atoms with Crippen molar-refractivity contribution in [1.29, 1.82) is 0 Å². The molecule has 1 saturated carbocycles. The number of carbonyl (C=O) groups excluding carboxylic acids is 2. The third-order valence-electron chi connectivity index (χ3n) is 3.45. The predicted molar refractivity (Wildman–Crippen MR) is 84.1 cm³/mol. The van der Waals surface area contributed by atoms with E-state index >= 15 is 0 Å². The van der Waals surface area contributed by atoms with Gasteiger partial charge in [0.05, 0.1) is 11.2 Å². The first-order chi connectivity index (χ1) is 10.5. The summed E-state index contributed by atoms with van der Waals surface area (Å²) in [5.74, 6) is -1.02. The maximum Gasteiger partial charge on any atom is 0.359 e. The summed E-state index contributed by atoms with van der Waals surface area (Å²) < 4.78 is 5.15. The molecule has 0 aliphatic heterocycles. The Labute approximate surface area is 138 Å². The average Bonchev–Trinajstić information content (AvgIpc) is 3.00. The molecule has 1 fully saturated rings. The Kier molecular flexibility index (Phi) is 6.02. The molecule has 1 aromatic rings. The maximum atomic E-state index is 12.1. The summed E-state index contributed by atoms with van der Waals surface area (Å²) in [6.07, 6.45) is 6.43. The molecule has 6 nitrogen and oxygen atoms in total. The van der Waals surface area contributed by atoms with Crippen LogP contribution in [0.3, 0.4) is 0 Å². The van der Waals surface area contributed by atoms with Crippen LogP contribution in [0.5, 0.6) is 0 Å². The van der Waals surface area contributed by atoms with Crippen molar-refractivity contribution in [1.82, 2.24) is 15.3 Å². The second-order valence-electron chi connectivity index (χ2n) is 5.09. The molecule has 0 bridgehead atoms. The van der Waals surface area contributed by atoms with E-state index in [1.807, 2.05) is 0 Å². The predicted octanol–water partition coefficient (Wildman–Crippen LogP) is 2.46. The molecule has 1 heterocycles. The fourth-order valence-corrected chi connectivity index (χ4v) is 2.76. The van der Waals surface area contributed by atoms with Crippen LogP contribution in [0.1, 0.15) is 43.1 Å². The minimum absolute atomic E-state index is 0.0264. The minimum atomic E-state index is -0.892. The Morgan fingerprint density at radius 1 is 1.45 bits per heavy atom. The zero-order valence-corrected chi connectivity index (χ0v) is 14.0. The molecule has 0 aromatic carbocycles. The second-order valence-corrected chi connectivity index (χ2v) is 6.27. The molecule has 1 amide bonds. The summed E-state index contributed by atoms with van der Waals surface area (Å²) in [5.41, 5.74) is -0.0264. The van der Waals surface area contributed by atoms with Crippen LogP contribution in [-0.4, -0.2) is 40.2 Å². The van der Waals surface area contributed by atoms with E-state index in [2.05, 4.69) is 15.3 Å². The highest BCUT2D eigenvalue weighted by Crippen LogP contribution is 2.19. The fraction of sp³-hybridized carbons (Fsp3) is 0.571. The van der Waals surface area contributed by atoms with Crippen LogP contribution in [0.2, 0.25) is 5.02 Å². The highest BCUT2D eigenvalue weighted by Gasteiger charge is 2.25. The number of rotatable bonds is 5. The van der Waals surface area contributed by atoms with Crippen LogP contribution in [-0.2, 0) is 9.53 Å². The number of amides is 1. The Balaban J connectivity index is 1.96. The molecule has 0 saturated heterocycles. The smallest absolute Gasteiger partial charge is 0.359 e. The van der Waals surface area contributed by atoms with Gasteiger partial charge in [-0.15, -0.1) is 0 Å². The van der Waals surface area contributed by atoms with Crippen LogP contribution in [0.4, 0.5) is 0 Å². The summed E-state index contributed by atoms with van der Waals surface area (Å²) in [5, 5.41) is 3.41. The van der Waals surface area contributed by atoms with Crippen molar-refractivity contribution in [2.45, 2.75) is 49.9 Å². The molecular weight excluding hydrogens is 326 g/mol. The number of carbonyl (C=O) groups is 2. The lowest BCUT2D eigenvalue weighted by Crippen LogP contribution is -2.41. The summed E-state index contributed by atoms with van der Waals surface area (Å²) in [6.45, 7) is 1.53. The van der Waals surface area contributed by atoms with Crippen molar-refractivity contribution < 1.29 is 14.3 Å². The van der Waals surface area contributed by atoms with Gasteiger partial charge in [-0.25, -0.2) is 14.8 Å². The number of esters is 1. The lowest BCUT2D eigenvalue weighted by molar-refractivity contribution is -0.129. The van der Waals surface area contributed by atoms with E-state index < -0.39 is 12.1 Å². The first kappa shape index (κ1) is 17.0. The average molecular weight is 344 g/mol. The van der Waals surface area contributed by atoms with Gasteiger partial charge >= 0.3 is 5.97 Å². The van der Waals surface area contributed by atoms with Gasteiger partial charge in [-0.1, -0.05) is 36.2 Å². The number of ether oxygens (including phenoxy) is 1. The Morgan fingerprint density at radius 2 is 2.14 bits per heavy atom. The number of nitrogens with zero attached hydrogens (tertiary/aromatic N) is 2. The van der Waals surface area contributed by atoms with Gasteiger partial charge in [-0.2, -0.15) is 0 Å². The highest BCUT2D eigenvalue weighted by molar-refractivity contribution is 7.98.